The van der Waals surface area contributed by atoms with Crippen LogP contribution >= 0.6 is 0 Å². The lowest BCUT2D eigenvalue weighted by Crippen LogP contribution is -2.36. The Morgan fingerprint density at radius 1 is 1.00 bits per heavy atom. The van der Waals surface area contributed by atoms with Gasteiger partial charge in [-0.2, -0.15) is 0 Å². The minimum atomic E-state index is 0.301. The maximum atomic E-state index is 12.5. The molecule has 3 aliphatic rings. The van der Waals surface area contributed by atoms with Crippen LogP contribution in [0, 0.1) is 5.92 Å². The number of aromatic nitrogens is 3. The Labute approximate surface area is 159 Å². The second-order valence-electron chi connectivity index (χ2n) is 7.80. The van der Waals surface area contributed by atoms with Crippen LogP contribution in [0.5, 0.6) is 0 Å². The van der Waals surface area contributed by atoms with Crippen LogP contribution in [-0.4, -0.2) is 51.9 Å². The van der Waals surface area contributed by atoms with Gasteiger partial charge in [0, 0.05) is 49.6 Å². The van der Waals surface area contributed by atoms with E-state index in [1.807, 2.05) is 18.2 Å². The Balaban J connectivity index is 1.44. The summed E-state index contributed by atoms with van der Waals surface area (Å²) in [6, 6.07) is 5.86. The second-order valence-corrected chi connectivity index (χ2v) is 7.80. The van der Waals surface area contributed by atoms with Gasteiger partial charge in [-0.05, 0) is 50.7 Å². The quantitative estimate of drug-likeness (QED) is 0.838. The molecule has 2 aromatic heterocycles. The van der Waals surface area contributed by atoms with Crippen molar-refractivity contribution in [1.82, 2.24) is 19.9 Å². The average Bonchev–Trinajstić information content (AvgIpc) is 3.49. The molecule has 6 heteroatoms. The van der Waals surface area contributed by atoms with Crippen molar-refractivity contribution in [3.63, 3.8) is 0 Å². The smallest absolute Gasteiger partial charge is 0.225 e. The fourth-order valence-electron chi connectivity index (χ4n) is 4.22. The number of rotatable bonds is 3. The molecule has 0 unspecified atom stereocenters. The molecule has 0 atom stereocenters. The first-order valence-corrected chi connectivity index (χ1v) is 10.1. The van der Waals surface area contributed by atoms with Crippen LogP contribution in [0.15, 0.2) is 24.4 Å². The molecule has 1 saturated heterocycles. The molecule has 0 N–H and O–H groups in total. The fourth-order valence-corrected chi connectivity index (χ4v) is 4.22. The van der Waals surface area contributed by atoms with Gasteiger partial charge in [0.2, 0.25) is 5.91 Å². The molecule has 3 heterocycles. The van der Waals surface area contributed by atoms with Crippen LogP contribution in [0.25, 0.3) is 11.5 Å². The molecule has 2 aromatic rings. The van der Waals surface area contributed by atoms with Crippen molar-refractivity contribution >= 4 is 11.7 Å². The Hall–Kier alpha value is -2.50. The van der Waals surface area contributed by atoms with Crippen molar-refractivity contribution in [2.75, 3.05) is 31.1 Å². The summed E-state index contributed by atoms with van der Waals surface area (Å²) in [6.45, 7) is 3.46. The molecule has 27 heavy (non-hydrogen) atoms. The monoisotopic (exact) mass is 363 g/mol. The number of anilines is 1. The lowest BCUT2D eigenvalue weighted by atomic mass is 10.2. The van der Waals surface area contributed by atoms with Gasteiger partial charge in [0.15, 0.2) is 5.82 Å². The Kier molecular flexibility index (Phi) is 4.26. The minimum absolute atomic E-state index is 0.301. The molecular weight excluding hydrogens is 338 g/mol. The first-order chi connectivity index (χ1) is 13.3. The van der Waals surface area contributed by atoms with E-state index in [1.165, 1.54) is 11.3 Å². The van der Waals surface area contributed by atoms with Crippen molar-refractivity contribution in [2.45, 2.75) is 38.5 Å². The zero-order chi connectivity index (χ0) is 18.2. The largest absolute Gasteiger partial charge is 0.354 e. The molecule has 5 rings (SSSR count). The van der Waals surface area contributed by atoms with Gasteiger partial charge in [-0.15, -0.1) is 0 Å². The molecule has 0 radical (unpaired) electrons. The SMILES string of the molecule is O=C(C1CC1)N1CCCN(c2nc(-c3ccccn3)nc3c2CCC3)CC1. The van der Waals surface area contributed by atoms with Crippen molar-refractivity contribution in [1.29, 1.82) is 0 Å². The molecule has 2 fully saturated rings. The van der Waals surface area contributed by atoms with E-state index in [2.05, 4.69) is 14.8 Å². The zero-order valence-electron chi connectivity index (χ0n) is 15.6. The van der Waals surface area contributed by atoms with Crippen LogP contribution in [0.1, 0.15) is 36.9 Å². The van der Waals surface area contributed by atoms with Gasteiger partial charge in [0.25, 0.3) is 0 Å². The third-order valence-electron chi connectivity index (χ3n) is 5.84. The highest BCUT2D eigenvalue weighted by atomic mass is 16.2. The highest BCUT2D eigenvalue weighted by molar-refractivity contribution is 5.81. The molecule has 0 aromatic carbocycles. The molecule has 2 aliphatic carbocycles. The van der Waals surface area contributed by atoms with Gasteiger partial charge in [-0.3, -0.25) is 9.78 Å². The summed E-state index contributed by atoms with van der Waals surface area (Å²) in [7, 11) is 0. The molecule has 1 amide bonds. The second kappa shape index (κ2) is 6.91. The van der Waals surface area contributed by atoms with Gasteiger partial charge in [-0.1, -0.05) is 6.07 Å². The molecule has 1 aliphatic heterocycles. The summed E-state index contributed by atoms with van der Waals surface area (Å²) in [6.07, 6.45) is 8.15. The first-order valence-electron chi connectivity index (χ1n) is 10.1. The first kappa shape index (κ1) is 16.7. The van der Waals surface area contributed by atoms with Gasteiger partial charge in [0.05, 0.1) is 0 Å². The summed E-state index contributed by atoms with van der Waals surface area (Å²) in [5.41, 5.74) is 3.31. The van der Waals surface area contributed by atoms with E-state index in [9.17, 15) is 4.79 Å². The predicted molar refractivity (Wildman–Crippen MR) is 103 cm³/mol. The fraction of sp³-hybridized carbons (Fsp3) is 0.524. The molecule has 1 saturated carbocycles. The zero-order valence-corrected chi connectivity index (χ0v) is 15.6. The summed E-state index contributed by atoms with van der Waals surface area (Å²) in [4.78, 5) is 31.1. The van der Waals surface area contributed by atoms with Crippen LogP contribution in [0.4, 0.5) is 5.82 Å². The third kappa shape index (κ3) is 3.29. The minimum Gasteiger partial charge on any atom is -0.354 e. The molecule has 140 valence electrons. The summed E-state index contributed by atoms with van der Waals surface area (Å²) in [5.74, 6) is 2.45. The predicted octanol–water partition coefficient (Wildman–Crippen LogP) is 2.48. The number of carbonyl (C=O) groups excluding carboxylic acids is 1. The summed E-state index contributed by atoms with van der Waals surface area (Å²) in [5, 5.41) is 0. The van der Waals surface area contributed by atoms with E-state index in [-0.39, 0.29) is 0 Å². The molecular formula is C21H25N5O. The number of nitrogens with zero attached hydrogens (tertiary/aromatic N) is 5. The summed E-state index contributed by atoms with van der Waals surface area (Å²) < 4.78 is 0. The number of hydrogen-bond acceptors (Lipinski definition) is 5. The van der Waals surface area contributed by atoms with E-state index in [1.54, 1.807) is 6.20 Å². The number of fused-ring (bicyclic) bond motifs is 1. The number of carbonyl (C=O) groups is 1. The van der Waals surface area contributed by atoms with Gasteiger partial charge < -0.3 is 9.80 Å². The maximum Gasteiger partial charge on any atom is 0.225 e. The van der Waals surface area contributed by atoms with Crippen LogP contribution in [0.3, 0.4) is 0 Å². The topological polar surface area (TPSA) is 62.2 Å². The van der Waals surface area contributed by atoms with E-state index >= 15 is 0 Å². The number of aryl methyl sites for hydroxylation is 1. The highest BCUT2D eigenvalue weighted by Gasteiger charge is 2.34. The van der Waals surface area contributed by atoms with Gasteiger partial charge in [-0.25, -0.2) is 9.97 Å². The van der Waals surface area contributed by atoms with Crippen molar-refractivity contribution in [3.8, 4) is 11.5 Å². The number of pyridine rings is 1. The maximum absolute atomic E-state index is 12.5. The van der Waals surface area contributed by atoms with Crippen LogP contribution in [-0.2, 0) is 17.6 Å². The van der Waals surface area contributed by atoms with Gasteiger partial charge >= 0.3 is 0 Å². The van der Waals surface area contributed by atoms with Gasteiger partial charge in [0.1, 0.15) is 11.5 Å². The Morgan fingerprint density at radius 3 is 2.74 bits per heavy atom. The molecule has 0 bridgehead atoms. The summed E-state index contributed by atoms with van der Waals surface area (Å²) >= 11 is 0. The van der Waals surface area contributed by atoms with Crippen molar-refractivity contribution < 1.29 is 4.79 Å². The lowest BCUT2D eigenvalue weighted by molar-refractivity contribution is -0.132. The normalized spacial score (nSPS) is 19.7. The third-order valence-corrected chi connectivity index (χ3v) is 5.84. The lowest BCUT2D eigenvalue weighted by Gasteiger charge is -2.25. The average molecular weight is 363 g/mol. The number of hydrogen-bond donors (Lipinski definition) is 0. The van der Waals surface area contributed by atoms with Crippen molar-refractivity contribution in [2.24, 2.45) is 5.92 Å². The van der Waals surface area contributed by atoms with Crippen LogP contribution in [0.2, 0.25) is 0 Å². The molecule has 0 spiro atoms. The Morgan fingerprint density at radius 2 is 1.93 bits per heavy atom. The highest BCUT2D eigenvalue weighted by Crippen LogP contribution is 2.33. The van der Waals surface area contributed by atoms with E-state index < -0.39 is 0 Å². The van der Waals surface area contributed by atoms with E-state index in [4.69, 9.17) is 9.97 Å². The molecule has 6 nitrogen and oxygen atoms in total. The number of amides is 1. The Bertz CT molecular complexity index is 849. The standard InChI is InChI=1S/C21H25N5O/c27-21(15-8-9-15)26-12-4-11-25(13-14-26)20-16-5-3-7-17(16)23-19(24-20)18-6-1-2-10-22-18/h1-2,6,10,15H,3-5,7-9,11-14H2. The van der Waals surface area contributed by atoms with E-state index in [0.717, 1.165) is 82.0 Å². The van der Waals surface area contributed by atoms with Crippen LogP contribution < -0.4 is 4.90 Å². The van der Waals surface area contributed by atoms with Crippen molar-refractivity contribution in [3.05, 3.63) is 35.7 Å². The van der Waals surface area contributed by atoms with E-state index in [0.29, 0.717) is 11.8 Å².